The van der Waals surface area contributed by atoms with Crippen molar-refractivity contribution in [3.05, 3.63) is 12.5 Å². The van der Waals surface area contributed by atoms with Gasteiger partial charge in [0, 0.05) is 24.6 Å². The summed E-state index contributed by atoms with van der Waals surface area (Å²) in [6.45, 7) is 1.85. The molecule has 0 fully saturated rings. The summed E-state index contributed by atoms with van der Waals surface area (Å²) >= 11 is 3.31. The number of nitrogens with one attached hydrogen (secondary N) is 1. The lowest BCUT2D eigenvalue weighted by Crippen LogP contribution is -2.32. The lowest BCUT2D eigenvalue weighted by molar-refractivity contribution is 0.542. The number of aryl methyl sites for hydroxylation is 1. The summed E-state index contributed by atoms with van der Waals surface area (Å²) in [5, 5.41) is 0.948. The van der Waals surface area contributed by atoms with E-state index in [4.69, 9.17) is 0 Å². The van der Waals surface area contributed by atoms with Crippen LogP contribution in [0.3, 0.4) is 0 Å². The lowest BCUT2D eigenvalue weighted by Gasteiger charge is -2.11. The summed E-state index contributed by atoms with van der Waals surface area (Å²) in [6, 6.07) is -0.0791. The van der Waals surface area contributed by atoms with Gasteiger partial charge in [-0.2, -0.15) is 0 Å². The standard InChI is InChI=1S/C9H16BrN3O2S/c1-8(4-3-5-10)12-16(14,15)9-6-13(2)7-11-9/h6-8,12H,3-5H2,1-2H3. The number of imidazole rings is 1. The number of aromatic nitrogens is 2. The average Bonchev–Trinajstić information content (AvgIpc) is 2.62. The minimum atomic E-state index is -3.47. The number of sulfonamides is 1. The Labute approximate surface area is 104 Å². The topological polar surface area (TPSA) is 64.0 Å². The molecule has 0 aliphatic carbocycles. The third-order valence-corrected chi connectivity index (χ3v) is 4.12. The van der Waals surface area contributed by atoms with Crippen molar-refractivity contribution in [2.75, 3.05) is 5.33 Å². The highest BCUT2D eigenvalue weighted by molar-refractivity contribution is 9.09. The van der Waals surface area contributed by atoms with E-state index in [1.165, 1.54) is 12.5 Å². The van der Waals surface area contributed by atoms with Crippen LogP contribution in [0.2, 0.25) is 0 Å². The highest BCUT2D eigenvalue weighted by Crippen LogP contribution is 2.07. The molecule has 1 heterocycles. The molecule has 0 spiro atoms. The SMILES string of the molecule is CC(CCCBr)NS(=O)(=O)c1cn(C)cn1. The predicted molar refractivity (Wildman–Crippen MR) is 66.0 cm³/mol. The lowest BCUT2D eigenvalue weighted by atomic mass is 10.2. The maximum absolute atomic E-state index is 11.8. The molecule has 0 aliphatic heterocycles. The van der Waals surface area contributed by atoms with Gasteiger partial charge in [-0.1, -0.05) is 15.9 Å². The highest BCUT2D eigenvalue weighted by atomic mass is 79.9. The molecule has 0 saturated carbocycles. The molecule has 0 aliphatic rings. The molecule has 7 heteroatoms. The smallest absolute Gasteiger partial charge is 0.259 e. The molecule has 0 aromatic carbocycles. The number of nitrogens with zero attached hydrogens (tertiary/aromatic N) is 2. The Morgan fingerprint density at radius 2 is 2.31 bits per heavy atom. The van der Waals surface area contributed by atoms with E-state index in [0.717, 1.165) is 18.2 Å². The van der Waals surface area contributed by atoms with E-state index in [9.17, 15) is 8.42 Å². The summed E-state index contributed by atoms with van der Waals surface area (Å²) in [5.74, 6) is 0. The van der Waals surface area contributed by atoms with Crippen LogP contribution in [0, 0.1) is 0 Å². The van der Waals surface area contributed by atoms with E-state index in [0.29, 0.717) is 0 Å². The molecule has 5 nitrogen and oxygen atoms in total. The van der Waals surface area contributed by atoms with Gasteiger partial charge in [-0.05, 0) is 19.8 Å². The van der Waals surface area contributed by atoms with Crippen molar-refractivity contribution in [2.45, 2.75) is 30.8 Å². The van der Waals surface area contributed by atoms with Crippen molar-refractivity contribution >= 4 is 26.0 Å². The van der Waals surface area contributed by atoms with E-state index in [-0.39, 0.29) is 11.1 Å². The first-order chi connectivity index (χ1) is 7.45. The molecule has 0 radical (unpaired) electrons. The number of halogens is 1. The minimum Gasteiger partial charge on any atom is -0.339 e. The molecule has 0 bridgehead atoms. The second-order valence-electron chi connectivity index (χ2n) is 3.73. The third kappa shape index (κ3) is 3.88. The van der Waals surface area contributed by atoms with Gasteiger partial charge in [-0.3, -0.25) is 0 Å². The molecule has 1 atom stereocenters. The van der Waals surface area contributed by atoms with Crippen molar-refractivity contribution in [2.24, 2.45) is 7.05 Å². The van der Waals surface area contributed by atoms with E-state index in [1.807, 2.05) is 6.92 Å². The van der Waals surface area contributed by atoms with Crippen molar-refractivity contribution in [1.82, 2.24) is 14.3 Å². The van der Waals surface area contributed by atoms with Crippen molar-refractivity contribution in [1.29, 1.82) is 0 Å². The normalized spacial score (nSPS) is 13.9. The van der Waals surface area contributed by atoms with Gasteiger partial charge in [0.05, 0.1) is 6.33 Å². The highest BCUT2D eigenvalue weighted by Gasteiger charge is 2.19. The molecular formula is C9H16BrN3O2S. The van der Waals surface area contributed by atoms with Crippen LogP contribution in [0.25, 0.3) is 0 Å². The Bertz CT molecular complexity index is 430. The summed E-state index contributed by atoms with van der Waals surface area (Å²) in [5.41, 5.74) is 0. The van der Waals surface area contributed by atoms with Gasteiger partial charge in [0.2, 0.25) is 0 Å². The number of rotatable bonds is 6. The Kier molecular flexibility index (Phi) is 4.94. The number of hydrogen-bond acceptors (Lipinski definition) is 3. The fourth-order valence-corrected chi connectivity index (χ4v) is 2.88. The fourth-order valence-electron chi connectivity index (χ4n) is 1.30. The zero-order valence-electron chi connectivity index (χ0n) is 9.35. The van der Waals surface area contributed by atoms with Crippen molar-refractivity contribution < 1.29 is 8.42 Å². The fraction of sp³-hybridized carbons (Fsp3) is 0.667. The van der Waals surface area contributed by atoms with Crippen LogP contribution < -0.4 is 4.72 Å². The minimum absolute atomic E-state index is 0.0701. The molecule has 1 aromatic rings. The van der Waals surface area contributed by atoms with Crippen LogP contribution in [0.1, 0.15) is 19.8 Å². The monoisotopic (exact) mass is 309 g/mol. The zero-order valence-corrected chi connectivity index (χ0v) is 11.8. The van der Waals surface area contributed by atoms with Crippen LogP contribution >= 0.6 is 15.9 Å². The molecule has 92 valence electrons. The molecular weight excluding hydrogens is 294 g/mol. The summed E-state index contributed by atoms with van der Waals surface area (Å²) in [6.07, 6.45) is 4.69. The summed E-state index contributed by atoms with van der Waals surface area (Å²) in [7, 11) is -1.73. The van der Waals surface area contributed by atoms with Gasteiger partial charge >= 0.3 is 0 Å². The first-order valence-electron chi connectivity index (χ1n) is 5.02. The van der Waals surface area contributed by atoms with Crippen LogP contribution in [0.15, 0.2) is 17.6 Å². The molecule has 0 amide bonds. The summed E-state index contributed by atoms with van der Waals surface area (Å²) in [4.78, 5) is 3.82. The van der Waals surface area contributed by atoms with Gasteiger partial charge in [0.15, 0.2) is 5.03 Å². The molecule has 1 unspecified atom stereocenters. The van der Waals surface area contributed by atoms with Crippen molar-refractivity contribution in [3.8, 4) is 0 Å². The molecule has 16 heavy (non-hydrogen) atoms. The molecule has 0 saturated heterocycles. The van der Waals surface area contributed by atoms with Crippen LogP contribution in [-0.4, -0.2) is 29.3 Å². The molecule has 1 N–H and O–H groups in total. The molecule has 1 rings (SSSR count). The van der Waals surface area contributed by atoms with Gasteiger partial charge in [0.1, 0.15) is 0 Å². The Morgan fingerprint density at radius 1 is 1.62 bits per heavy atom. The average molecular weight is 310 g/mol. The zero-order chi connectivity index (χ0) is 12.2. The maximum Gasteiger partial charge on any atom is 0.259 e. The van der Waals surface area contributed by atoms with Gasteiger partial charge < -0.3 is 4.57 Å². The quantitative estimate of drug-likeness (QED) is 0.805. The van der Waals surface area contributed by atoms with Gasteiger partial charge in [-0.25, -0.2) is 18.1 Å². The van der Waals surface area contributed by atoms with Crippen molar-refractivity contribution in [3.63, 3.8) is 0 Å². The Balaban J connectivity index is 2.65. The Hall–Kier alpha value is -0.400. The first-order valence-corrected chi connectivity index (χ1v) is 7.62. The Morgan fingerprint density at radius 3 is 2.81 bits per heavy atom. The van der Waals surface area contributed by atoms with E-state index < -0.39 is 10.0 Å². The second kappa shape index (κ2) is 5.79. The van der Waals surface area contributed by atoms with E-state index in [2.05, 4.69) is 25.6 Å². The maximum atomic E-state index is 11.8. The van der Waals surface area contributed by atoms with Crippen LogP contribution in [0.4, 0.5) is 0 Å². The van der Waals surface area contributed by atoms with Crippen LogP contribution in [-0.2, 0) is 17.1 Å². The second-order valence-corrected chi connectivity index (χ2v) is 6.18. The first kappa shape index (κ1) is 13.7. The van der Waals surface area contributed by atoms with E-state index >= 15 is 0 Å². The van der Waals surface area contributed by atoms with Crippen LogP contribution in [0.5, 0.6) is 0 Å². The number of alkyl halides is 1. The largest absolute Gasteiger partial charge is 0.339 e. The predicted octanol–water partition coefficient (Wildman–Crippen LogP) is 1.26. The summed E-state index contributed by atoms with van der Waals surface area (Å²) < 4.78 is 27.8. The van der Waals surface area contributed by atoms with Gasteiger partial charge in [-0.15, -0.1) is 0 Å². The number of hydrogen-bond donors (Lipinski definition) is 1. The third-order valence-electron chi connectivity index (χ3n) is 2.08. The molecule has 1 aromatic heterocycles. The van der Waals surface area contributed by atoms with Gasteiger partial charge in [0.25, 0.3) is 10.0 Å². The van der Waals surface area contributed by atoms with E-state index in [1.54, 1.807) is 11.6 Å².